The monoisotopic (exact) mass is 156 g/mol. The third-order valence-electron chi connectivity index (χ3n) is 0.604. The average Bonchev–Trinajstić information content (AvgIpc) is 1.72. The summed E-state index contributed by atoms with van der Waals surface area (Å²) in [5, 5.41) is 0. The first-order valence-corrected chi connectivity index (χ1v) is 8.74. The molecule has 1 rings (SSSR count). The van der Waals surface area contributed by atoms with Crippen molar-refractivity contribution in [2.24, 2.45) is 0 Å². The van der Waals surface area contributed by atoms with Gasteiger partial charge in [0.1, 0.15) is 0 Å². The van der Waals surface area contributed by atoms with Crippen molar-refractivity contribution < 1.29 is 0 Å². The van der Waals surface area contributed by atoms with Gasteiger partial charge in [-0.15, -0.1) is 0 Å². The maximum atomic E-state index is 1.58. The van der Waals surface area contributed by atoms with Crippen LogP contribution in [0.3, 0.4) is 0 Å². The van der Waals surface area contributed by atoms with Gasteiger partial charge in [0.25, 0.3) is 0 Å². The van der Waals surface area contributed by atoms with Crippen molar-refractivity contribution in [2.75, 3.05) is 11.8 Å². The van der Waals surface area contributed by atoms with Crippen LogP contribution in [-0.4, -0.2) is 11.8 Å². The van der Waals surface area contributed by atoms with E-state index in [4.69, 9.17) is 0 Å². The highest BCUT2D eigenvalue weighted by Crippen LogP contribution is 2.58. The molecule has 1 saturated heterocycles. The lowest BCUT2D eigenvalue weighted by atomic mass is 11.9. The molecule has 0 saturated carbocycles. The van der Waals surface area contributed by atoms with E-state index in [1.165, 1.54) is 33.1 Å². The summed E-state index contributed by atoms with van der Waals surface area (Å²) in [4.78, 5) is 0. The van der Waals surface area contributed by atoms with E-state index in [0.29, 0.717) is 0 Å². The fourth-order valence-electron chi connectivity index (χ4n) is 0.338. The Balaban J connectivity index is 2.00. The fraction of sp³-hybridized carbons (Fsp3) is 1.00. The zero-order valence-corrected chi connectivity index (χ0v) is 7.41. The van der Waals surface area contributed by atoms with Gasteiger partial charge in [0, 0.05) is 0 Å². The number of rotatable bonds is 0. The topological polar surface area (TPSA) is 0 Å². The molecule has 1 fully saturated rings. The molecule has 0 bridgehead atoms. The molecule has 6 heavy (non-hydrogen) atoms. The van der Waals surface area contributed by atoms with Crippen molar-refractivity contribution in [1.82, 2.24) is 0 Å². The van der Waals surface area contributed by atoms with Crippen molar-refractivity contribution in [1.29, 1.82) is 0 Å². The highest BCUT2D eigenvalue weighted by molar-refractivity contribution is 8.28. The number of hydrogen-bond donors (Lipinski definition) is 0. The Morgan fingerprint density at radius 1 is 0.667 bits per heavy atom. The molecule has 1 heterocycles. The largest absolute Gasteiger partial charge is 0.0944 e. The van der Waals surface area contributed by atoms with Gasteiger partial charge < -0.3 is 0 Å². The lowest BCUT2D eigenvalue weighted by Gasteiger charge is -2.07. The van der Waals surface area contributed by atoms with Crippen molar-refractivity contribution in [3.8, 4) is 0 Å². The van der Waals surface area contributed by atoms with Gasteiger partial charge in [-0.25, -0.2) is 0 Å². The predicted molar refractivity (Wildman–Crippen MR) is 43.0 cm³/mol. The van der Waals surface area contributed by atoms with Crippen molar-refractivity contribution in [3.63, 3.8) is 0 Å². The van der Waals surface area contributed by atoms with Crippen LogP contribution in [0.4, 0.5) is 0 Å². The lowest BCUT2D eigenvalue weighted by molar-refractivity contribution is 2.21. The Hall–Kier alpha value is 1.72. The van der Waals surface area contributed by atoms with Crippen LogP contribution >= 0.6 is 33.1 Å². The summed E-state index contributed by atoms with van der Waals surface area (Å²) < 4.78 is 0. The van der Waals surface area contributed by atoms with Gasteiger partial charge in [0.15, 0.2) is 0 Å². The van der Waals surface area contributed by atoms with Crippen LogP contribution in [0.5, 0.6) is 0 Å². The first kappa shape index (κ1) is 5.85. The fourth-order valence-corrected chi connectivity index (χ4v) is 13.9. The smallest absolute Gasteiger partial charge is 0.0102 e. The highest BCUT2D eigenvalue weighted by Gasteiger charge is 1.94. The van der Waals surface area contributed by atoms with Crippen LogP contribution in [0.25, 0.3) is 0 Å². The van der Waals surface area contributed by atoms with Gasteiger partial charge in [-0.05, 0) is 11.8 Å². The quantitative estimate of drug-likeness (QED) is 0.472. The Kier molecular flexibility index (Phi) is 3.60. The molecule has 4 atom stereocenters. The van der Waals surface area contributed by atoms with E-state index in [2.05, 4.69) is 0 Å². The highest BCUT2D eigenvalue weighted by atomic mass is 32.1. The van der Waals surface area contributed by atoms with Gasteiger partial charge in [-0.1, -0.05) is 33.1 Å². The maximum absolute atomic E-state index is 1.58. The second kappa shape index (κ2) is 3.69. The maximum Gasteiger partial charge on any atom is -0.0102 e. The molecule has 0 aliphatic carbocycles. The van der Waals surface area contributed by atoms with Crippen LogP contribution in [0, 0.1) is 0 Å². The van der Waals surface area contributed by atoms with Gasteiger partial charge in [-0.3, -0.25) is 0 Å². The molecule has 4 unspecified atom stereocenters. The zero-order chi connectivity index (χ0) is 4.24. The molecule has 0 radical (unpaired) electrons. The Morgan fingerprint density at radius 3 is 1.17 bits per heavy atom. The molecule has 0 spiro atoms. The van der Waals surface area contributed by atoms with Crippen LogP contribution in [0.2, 0.25) is 0 Å². The van der Waals surface area contributed by atoms with Gasteiger partial charge >= 0.3 is 0 Å². The molecular formula is C2H8P4. The lowest BCUT2D eigenvalue weighted by Crippen LogP contribution is -1.58. The Labute approximate surface area is 45.5 Å². The summed E-state index contributed by atoms with van der Waals surface area (Å²) >= 11 is 0. The molecule has 0 nitrogen and oxygen atoms in total. The molecule has 0 aromatic heterocycles. The second-order valence-corrected chi connectivity index (χ2v) is 9.55. The standard InChI is InChI=1S/C2H8P4/c1-3-5-2-6-4-1/h3-6H,1-2H2. The van der Waals surface area contributed by atoms with E-state index in [1.807, 2.05) is 0 Å². The van der Waals surface area contributed by atoms with E-state index in [9.17, 15) is 0 Å². The minimum atomic E-state index is 1.35. The summed E-state index contributed by atoms with van der Waals surface area (Å²) in [5.74, 6) is 3.16. The molecule has 0 aromatic rings. The molecule has 0 amide bonds. The Morgan fingerprint density at radius 2 is 1.00 bits per heavy atom. The molecule has 1 aliphatic rings. The third-order valence-corrected chi connectivity index (χ3v) is 11.8. The first-order chi connectivity index (χ1) is 3.00. The zero-order valence-electron chi connectivity index (χ0n) is 3.41. The van der Waals surface area contributed by atoms with Crippen molar-refractivity contribution in [3.05, 3.63) is 0 Å². The molecule has 36 valence electrons. The van der Waals surface area contributed by atoms with Gasteiger partial charge in [-0.2, -0.15) is 0 Å². The minimum absolute atomic E-state index is 1.35. The molecule has 0 N–H and O–H groups in total. The average molecular weight is 156 g/mol. The normalized spacial score (nSPS) is 40.0. The first-order valence-electron chi connectivity index (χ1n) is 1.91. The SMILES string of the molecule is C1PPCPP1. The summed E-state index contributed by atoms with van der Waals surface area (Å²) in [5.41, 5.74) is 0. The summed E-state index contributed by atoms with van der Waals surface area (Å²) in [6.07, 6.45) is 0. The molecular weight excluding hydrogens is 148 g/mol. The Bertz CT molecular complexity index is 21.0. The van der Waals surface area contributed by atoms with E-state index < -0.39 is 0 Å². The van der Waals surface area contributed by atoms with Gasteiger partial charge in [0.2, 0.25) is 0 Å². The van der Waals surface area contributed by atoms with Crippen LogP contribution in [0.1, 0.15) is 0 Å². The van der Waals surface area contributed by atoms with E-state index in [1.54, 1.807) is 11.8 Å². The third kappa shape index (κ3) is 2.14. The predicted octanol–water partition coefficient (Wildman–Crippen LogP) is 2.46. The molecule has 1 aliphatic heterocycles. The van der Waals surface area contributed by atoms with E-state index >= 15 is 0 Å². The van der Waals surface area contributed by atoms with Crippen LogP contribution in [0.15, 0.2) is 0 Å². The second-order valence-electron chi connectivity index (χ2n) is 1.06. The minimum Gasteiger partial charge on any atom is -0.0944 e. The molecule has 4 heteroatoms. The van der Waals surface area contributed by atoms with E-state index in [-0.39, 0.29) is 0 Å². The van der Waals surface area contributed by atoms with Crippen molar-refractivity contribution >= 4 is 33.1 Å². The summed E-state index contributed by atoms with van der Waals surface area (Å²) in [6, 6.07) is 0. The van der Waals surface area contributed by atoms with Crippen LogP contribution < -0.4 is 0 Å². The van der Waals surface area contributed by atoms with Crippen molar-refractivity contribution in [2.45, 2.75) is 0 Å². The number of hydrogen-bond acceptors (Lipinski definition) is 0. The summed E-state index contributed by atoms with van der Waals surface area (Å²) in [6.45, 7) is 0. The van der Waals surface area contributed by atoms with E-state index in [0.717, 1.165) is 0 Å². The summed E-state index contributed by atoms with van der Waals surface area (Å²) in [7, 11) is 5.40. The van der Waals surface area contributed by atoms with Gasteiger partial charge in [0.05, 0.1) is 0 Å². The molecule has 0 aromatic carbocycles. The van der Waals surface area contributed by atoms with Crippen LogP contribution in [-0.2, 0) is 0 Å².